The summed E-state index contributed by atoms with van der Waals surface area (Å²) >= 11 is 6.08. The molecule has 0 aliphatic carbocycles. The smallest absolute Gasteiger partial charge is 0.409 e. The van der Waals surface area contributed by atoms with Crippen LogP contribution in [-0.4, -0.2) is 41.7 Å². The van der Waals surface area contributed by atoms with Gasteiger partial charge in [0.15, 0.2) is 0 Å². The number of hydrogen-bond donors (Lipinski definition) is 2. The number of nitrogens with one attached hydrogen (secondary N) is 1. The van der Waals surface area contributed by atoms with Crippen molar-refractivity contribution in [1.82, 2.24) is 9.88 Å². The largest absolute Gasteiger partial charge is 0.450 e. The maximum atomic E-state index is 11.6. The first kappa shape index (κ1) is 14.7. The highest BCUT2D eigenvalue weighted by molar-refractivity contribution is 6.33. The van der Waals surface area contributed by atoms with E-state index in [2.05, 4.69) is 10.3 Å². The van der Waals surface area contributed by atoms with E-state index in [4.69, 9.17) is 22.1 Å². The highest BCUT2D eigenvalue weighted by Gasteiger charge is 2.24. The van der Waals surface area contributed by atoms with Gasteiger partial charge in [-0.15, -0.1) is 0 Å². The Labute approximate surface area is 123 Å². The first-order valence-corrected chi connectivity index (χ1v) is 7.07. The molecule has 1 aromatic rings. The number of nitrogens with two attached hydrogens (primary N) is 1. The van der Waals surface area contributed by atoms with Gasteiger partial charge in [-0.25, -0.2) is 9.78 Å². The van der Waals surface area contributed by atoms with E-state index >= 15 is 0 Å². The zero-order valence-electron chi connectivity index (χ0n) is 11.4. The van der Waals surface area contributed by atoms with Crippen molar-refractivity contribution in [2.45, 2.75) is 25.8 Å². The van der Waals surface area contributed by atoms with Gasteiger partial charge in [-0.05, 0) is 25.8 Å². The lowest BCUT2D eigenvalue weighted by atomic mass is 10.1. The van der Waals surface area contributed by atoms with Gasteiger partial charge in [0.25, 0.3) is 0 Å². The third kappa shape index (κ3) is 3.66. The normalized spacial score (nSPS) is 16.0. The second-order valence-electron chi connectivity index (χ2n) is 4.70. The van der Waals surface area contributed by atoms with Crippen molar-refractivity contribution < 1.29 is 9.53 Å². The van der Waals surface area contributed by atoms with E-state index in [-0.39, 0.29) is 12.1 Å². The van der Waals surface area contributed by atoms with Crippen molar-refractivity contribution >= 4 is 29.2 Å². The number of carbonyl (C=O) groups excluding carboxylic acids is 1. The van der Waals surface area contributed by atoms with E-state index < -0.39 is 0 Å². The lowest BCUT2D eigenvalue weighted by molar-refractivity contribution is 0.0983. The van der Waals surface area contributed by atoms with Crippen molar-refractivity contribution in [2.75, 3.05) is 30.7 Å². The summed E-state index contributed by atoms with van der Waals surface area (Å²) in [7, 11) is 0. The Bertz CT molecular complexity index is 475. The Morgan fingerprint density at radius 3 is 2.90 bits per heavy atom. The van der Waals surface area contributed by atoms with Gasteiger partial charge in [0, 0.05) is 19.1 Å². The minimum absolute atomic E-state index is 0.241. The van der Waals surface area contributed by atoms with Crippen LogP contribution in [0.1, 0.15) is 19.8 Å². The molecular weight excluding hydrogens is 280 g/mol. The predicted octanol–water partition coefficient (Wildman–Crippen LogP) is 2.35. The van der Waals surface area contributed by atoms with E-state index in [1.807, 2.05) is 0 Å². The molecule has 2 rings (SSSR count). The average Bonchev–Trinajstić information content (AvgIpc) is 2.43. The van der Waals surface area contributed by atoms with E-state index in [9.17, 15) is 4.79 Å². The summed E-state index contributed by atoms with van der Waals surface area (Å²) in [5.41, 5.74) is 6.15. The van der Waals surface area contributed by atoms with Crippen LogP contribution in [0.4, 0.5) is 16.3 Å². The van der Waals surface area contributed by atoms with Gasteiger partial charge in [-0.2, -0.15) is 0 Å². The van der Waals surface area contributed by atoms with Gasteiger partial charge in [0.05, 0.1) is 23.5 Å². The summed E-state index contributed by atoms with van der Waals surface area (Å²) in [6.07, 6.45) is 3.00. The van der Waals surface area contributed by atoms with Gasteiger partial charge in [0.1, 0.15) is 5.82 Å². The van der Waals surface area contributed by atoms with Crippen molar-refractivity contribution in [2.24, 2.45) is 0 Å². The lowest BCUT2D eigenvalue weighted by Gasteiger charge is -2.32. The number of anilines is 2. The van der Waals surface area contributed by atoms with Crippen LogP contribution >= 0.6 is 11.6 Å². The summed E-state index contributed by atoms with van der Waals surface area (Å²) in [6, 6.07) is 1.92. The van der Waals surface area contributed by atoms with Gasteiger partial charge in [0.2, 0.25) is 0 Å². The molecule has 0 spiro atoms. The molecule has 0 atom stereocenters. The molecule has 0 radical (unpaired) electrons. The molecule has 1 aliphatic rings. The first-order chi connectivity index (χ1) is 9.60. The number of piperidine rings is 1. The molecule has 1 aromatic heterocycles. The number of nitrogen functional groups attached to an aromatic ring is 1. The van der Waals surface area contributed by atoms with Crippen molar-refractivity contribution in [1.29, 1.82) is 0 Å². The van der Waals surface area contributed by atoms with Crippen molar-refractivity contribution in [3.8, 4) is 0 Å². The van der Waals surface area contributed by atoms with Crippen LogP contribution in [-0.2, 0) is 4.74 Å². The van der Waals surface area contributed by atoms with Crippen LogP contribution in [0.2, 0.25) is 5.02 Å². The highest BCUT2D eigenvalue weighted by atomic mass is 35.5. The third-order valence-electron chi connectivity index (χ3n) is 3.22. The molecule has 2 heterocycles. The van der Waals surface area contributed by atoms with Crippen LogP contribution < -0.4 is 11.1 Å². The molecular formula is C13H19ClN4O2. The lowest BCUT2D eigenvalue weighted by Crippen LogP contribution is -2.42. The number of likely N-dealkylation sites (tertiary alicyclic amines) is 1. The highest BCUT2D eigenvalue weighted by Crippen LogP contribution is 2.24. The number of carbonyl (C=O) groups is 1. The van der Waals surface area contributed by atoms with Crippen LogP contribution in [0, 0.1) is 0 Å². The molecule has 3 N–H and O–H groups in total. The maximum Gasteiger partial charge on any atom is 0.409 e. The monoisotopic (exact) mass is 298 g/mol. The fraction of sp³-hybridized carbons (Fsp3) is 0.538. The number of halogens is 1. The summed E-state index contributed by atoms with van der Waals surface area (Å²) < 4.78 is 4.99. The summed E-state index contributed by atoms with van der Waals surface area (Å²) in [5, 5.41) is 3.80. The maximum absolute atomic E-state index is 11.6. The number of pyridine rings is 1. The number of amides is 1. The van der Waals surface area contributed by atoms with Crippen LogP contribution in [0.5, 0.6) is 0 Å². The van der Waals surface area contributed by atoms with Gasteiger partial charge in [-0.1, -0.05) is 11.6 Å². The molecule has 0 unspecified atom stereocenters. The van der Waals surface area contributed by atoms with Gasteiger partial charge in [-0.3, -0.25) is 0 Å². The molecule has 0 bridgehead atoms. The average molecular weight is 299 g/mol. The second kappa shape index (κ2) is 6.65. The quantitative estimate of drug-likeness (QED) is 0.895. The van der Waals surface area contributed by atoms with Gasteiger partial charge < -0.3 is 20.7 Å². The first-order valence-electron chi connectivity index (χ1n) is 6.69. The fourth-order valence-corrected chi connectivity index (χ4v) is 2.40. The number of hydrogen-bond acceptors (Lipinski definition) is 5. The molecule has 7 heteroatoms. The number of ether oxygens (including phenoxy) is 1. The van der Waals surface area contributed by atoms with E-state index in [1.165, 1.54) is 0 Å². The molecule has 1 aliphatic heterocycles. The van der Waals surface area contributed by atoms with E-state index in [1.54, 1.807) is 24.1 Å². The summed E-state index contributed by atoms with van der Waals surface area (Å²) in [5.74, 6) is 0.635. The minimum atomic E-state index is -0.241. The van der Waals surface area contributed by atoms with Crippen molar-refractivity contribution in [3.63, 3.8) is 0 Å². The topological polar surface area (TPSA) is 80.5 Å². The Morgan fingerprint density at radius 1 is 1.60 bits per heavy atom. The molecule has 1 amide bonds. The number of nitrogens with zero attached hydrogens (tertiary/aromatic N) is 2. The zero-order chi connectivity index (χ0) is 14.5. The van der Waals surface area contributed by atoms with Gasteiger partial charge >= 0.3 is 6.09 Å². The SMILES string of the molecule is CCOC(=O)N1CCC(Nc2ncc(N)cc2Cl)CC1. The Morgan fingerprint density at radius 2 is 2.30 bits per heavy atom. The molecule has 1 saturated heterocycles. The Kier molecular flexibility index (Phi) is 4.89. The Hall–Kier alpha value is -1.69. The molecule has 0 saturated carbocycles. The third-order valence-corrected chi connectivity index (χ3v) is 3.51. The summed E-state index contributed by atoms with van der Waals surface area (Å²) in [6.45, 7) is 3.55. The van der Waals surface area contributed by atoms with Crippen LogP contribution in [0.25, 0.3) is 0 Å². The molecule has 6 nitrogen and oxygen atoms in total. The Balaban J connectivity index is 1.86. The second-order valence-corrected chi connectivity index (χ2v) is 5.11. The molecule has 1 fully saturated rings. The summed E-state index contributed by atoms with van der Waals surface area (Å²) in [4.78, 5) is 17.5. The van der Waals surface area contributed by atoms with Crippen molar-refractivity contribution in [3.05, 3.63) is 17.3 Å². The molecule has 0 aromatic carbocycles. The number of rotatable bonds is 3. The molecule has 20 heavy (non-hydrogen) atoms. The minimum Gasteiger partial charge on any atom is -0.450 e. The van der Waals surface area contributed by atoms with Crippen LogP contribution in [0.15, 0.2) is 12.3 Å². The van der Waals surface area contributed by atoms with E-state index in [0.29, 0.717) is 36.2 Å². The zero-order valence-corrected chi connectivity index (χ0v) is 12.2. The van der Waals surface area contributed by atoms with Crippen LogP contribution in [0.3, 0.4) is 0 Å². The van der Waals surface area contributed by atoms with E-state index in [0.717, 1.165) is 12.8 Å². The molecule has 110 valence electrons. The number of aromatic nitrogens is 1. The predicted molar refractivity (Wildman–Crippen MR) is 78.9 cm³/mol. The standard InChI is InChI=1S/C13H19ClN4O2/c1-2-20-13(19)18-5-3-10(4-6-18)17-12-11(14)7-9(15)8-16-12/h7-8,10H,2-6,15H2,1H3,(H,16,17). The fourth-order valence-electron chi connectivity index (χ4n) is 2.17.